The highest BCUT2D eigenvalue weighted by atomic mass is 16.6. The normalized spacial score (nSPS) is 12.5. The third kappa shape index (κ3) is 7.23. The van der Waals surface area contributed by atoms with Gasteiger partial charge >= 0.3 is 11.9 Å². The van der Waals surface area contributed by atoms with Crippen molar-refractivity contribution in [3.05, 3.63) is 0 Å². The van der Waals surface area contributed by atoms with E-state index >= 15 is 0 Å². The lowest BCUT2D eigenvalue weighted by molar-refractivity contribution is -0.161. The summed E-state index contributed by atoms with van der Waals surface area (Å²) in [5, 5.41) is 8.48. The van der Waals surface area contributed by atoms with Gasteiger partial charge in [0, 0.05) is 13.0 Å². The monoisotopic (exact) mass is 232 g/mol. The fourth-order valence-corrected chi connectivity index (χ4v) is 1.22. The Morgan fingerprint density at radius 1 is 1.31 bits per heavy atom. The number of hydrogen-bond donors (Lipinski definition) is 1. The summed E-state index contributed by atoms with van der Waals surface area (Å²) >= 11 is 0. The van der Waals surface area contributed by atoms with Crippen molar-refractivity contribution >= 4 is 11.9 Å². The molecule has 0 aliphatic carbocycles. The Balaban J connectivity index is 4.04. The number of carboxylic acid groups (broad SMARTS) is 1. The summed E-state index contributed by atoms with van der Waals surface area (Å²) in [7, 11) is 0. The molecule has 0 aliphatic rings. The molecule has 0 heterocycles. The van der Waals surface area contributed by atoms with E-state index in [9.17, 15) is 9.59 Å². The van der Waals surface area contributed by atoms with E-state index in [4.69, 9.17) is 14.6 Å². The Morgan fingerprint density at radius 3 is 2.38 bits per heavy atom. The summed E-state index contributed by atoms with van der Waals surface area (Å²) in [5.74, 6) is -1.28. The largest absolute Gasteiger partial charge is 0.481 e. The first-order valence-corrected chi connectivity index (χ1v) is 5.51. The maximum Gasteiger partial charge on any atom is 0.335 e. The minimum Gasteiger partial charge on any atom is -0.481 e. The Morgan fingerprint density at radius 2 is 1.94 bits per heavy atom. The van der Waals surface area contributed by atoms with Gasteiger partial charge in [-0.1, -0.05) is 0 Å². The third-order valence-electron chi connectivity index (χ3n) is 1.84. The molecule has 5 heteroatoms. The molecule has 0 saturated heterocycles. The predicted octanol–water partition coefficient (Wildman–Crippen LogP) is 1.60. The van der Waals surface area contributed by atoms with Crippen LogP contribution in [0.4, 0.5) is 0 Å². The second-order valence-corrected chi connectivity index (χ2v) is 3.72. The maximum absolute atomic E-state index is 11.5. The van der Waals surface area contributed by atoms with Crippen molar-refractivity contribution in [2.24, 2.45) is 0 Å². The fraction of sp³-hybridized carbons (Fsp3) is 0.818. The lowest BCUT2D eigenvalue weighted by Crippen LogP contribution is -2.29. The summed E-state index contributed by atoms with van der Waals surface area (Å²) in [6.45, 7) is 5.72. The molecule has 0 aliphatic heterocycles. The number of hydrogen-bond acceptors (Lipinski definition) is 4. The van der Waals surface area contributed by atoms with Crippen molar-refractivity contribution < 1.29 is 24.2 Å². The summed E-state index contributed by atoms with van der Waals surface area (Å²) in [6, 6.07) is 0. The van der Waals surface area contributed by atoms with Gasteiger partial charge in [-0.15, -0.1) is 0 Å². The number of carbonyl (C=O) groups is 2. The number of aliphatic carboxylic acids is 1. The lowest BCUT2D eigenvalue weighted by atomic mass is 10.1. The second-order valence-electron chi connectivity index (χ2n) is 3.72. The summed E-state index contributed by atoms with van der Waals surface area (Å²) in [4.78, 5) is 21.9. The Hall–Kier alpha value is -1.10. The van der Waals surface area contributed by atoms with Gasteiger partial charge in [0.25, 0.3) is 0 Å². The molecular formula is C11H20O5. The number of rotatable bonds is 8. The number of esters is 1. The van der Waals surface area contributed by atoms with Crippen LogP contribution in [-0.2, 0) is 19.1 Å². The minimum absolute atomic E-state index is 0.0402. The minimum atomic E-state index is -0.868. The molecule has 16 heavy (non-hydrogen) atoms. The Kier molecular flexibility index (Phi) is 7.54. The molecule has 1 N–H and O–H groups in total. The number of carboxylic acids is 1. The van der Waals surface area contributed by atoms with E-state index in [1.54, 1.807) is 20.8 Å². The summed E-state index contributed by atoms with van der Waals surface area (Å²) in [6.07, 6.45) is -0.00100. The van der Waals surface area contributed by atoms with E-state index in [0.29, 0.717) is 19.4 Å². The molecule has 0 fully saturated rings. The van der Waals surface area contributed by atoms with E-state index in [2.05, 4.69) is 0 Å². The molecule has 1 unspecified atom stereocenters. The highest BCUT2D eigenvalue weighted by Crippen LogP contribution is 2.08. The summed E-state index contributed by atoms with van der Waals surface area (Å²) in [5.41, 5.74) is 0. The zero-order chi connectivity index (χ0) is 12.6. The molecule has 1 atom stereocenters. The Bertz CT molecular complexity index is 224. The topological polar surface area (TPSA) is 72.8 Å². The van der Waals surface area contributed by atoms with Gasteiger partial charge in [-0.05, 0) is 33.6 Å². The number of ether oxygens (including phenoxy) is 2. The van der Waals surface area contributed by atoms with Crippen molar-refractivity contribution in [3.63, 3.8) is 0 Å². The first-order valence-electron chi connectivity index (χ1n) is 5.51. The molecular weight excluding hydrogens is 212 g/mol. The van der Waals surface area contributed by atoms with Gasteiger partial charge in [0.1, 0.15) is 0 Å². The van der Waals surface area contributed by atoms with E-state index < -0.39 is 18.0 Å². The highest BCUT2D eigenvalue weighted by Gasteiger charge is 2.21. The van der Waals surface area contributed by atoms with Gasteiger partial charge in [-0.2, -0.15) is 0 Å². The van der Waals surface area contributed by atoms with Crippen LogP contribution in [0.15, 0.2) is 0 Å². The van der Waals surface area contributed by atoms with Crippen molar-refractivity contribution in [3.8, 4) is 0 Å². The van der Waals surface area contributed by atoms with E-state index in [0.717, 1.165) is 0 Å². The van der Waals surface area contributed by atoms with Crippen LogP contribution in [0.1, 0.15) is 40.0 Å². The predicted molar refractivity (Wildman–Crippen MR) is 58.1 cm³/mol. The van der Waals surface area contributed by atoms with Gasteiger partial charge < -0.3 is 14.6 Å². The standard InChI is InChI=1S/C11H20O5/c1-4-15-9(6-5-7-10(12)13)11(14)16-8(2)3/h8-9H,4-7H2,1-3H3,(H,12,13). The van der Waals surface area contributed by atoms with E-state index in [1.807, 2.05) is 0 Å². The number of carbonyl (C=O) groups excluding carboxylic acids is 1. The molecule has 0 aromatic carbocycles. The van der Waals surface area contributed by atoms with Gasteiger partial charge in [0.05, 0.1) is 6.10 Å². The molecule has 0 aromatic rings. The van der Waals surface area contributed by atoms with Crippen LogP contribution in [0.3, 0.4) is 0 Å². The fourth-order valence-electron chi connectivity index (χ4n) is 1.22. The quantitative estimate of drug-likeness (QED) is 0.643. The molecule has 0 bridgehead atoms. The second kappa shape index (κ2) is 8.10. The van der Waals surface area contributed by atoms with Crippen molar-refractivity contribution in [2.45, 2.75) is 52.2 Å². The van der Waals surface area contributed by atoms with Crippen molar-refractivity contribution in [1.29, 1.82) is 0 Å². The SMILES string of the molecule is CCOC(CCCC(=O)O)C(=O)OC(C)C. The molecule has 5 nitrogen and oxygen atoms in total. The molecule has 0 saturated carbocycles. The van der Waals surface area contributed by atoms with Crippen LogP contribution in [0, 0.1) is 0 Å². The van der Waals surface area contributed by atoms with Gasteiger partial charge in [0.2, 0.25) is 0 Å². The van der Waals surface area contributed by atoms with E-state index in [1.165, 1.54) is 0 Å². The van der Waals surface area contributed by atoms with Crippen LogP contribution in [-0.4, -0.2) is 35.9 Å². The smallest absolute Gasteiger partial charge is 0.335 e. The Labute approximate surface area is 95.7 Å². The van der Waals surface area contributed by atoms with Gasteiger partial charge in [0.15, 0.2) is 6.10 Å². The third-order valence-corrected chi connectivity index (χ3v) is 1.84. The first-order chi connectivity index (χ1) is 7.47. The van der Waals surface area contributed by atoms with Crippen LogP contribution in [0.2, 0.25) is 0 Å². The molecule has 0 amide bonds. The molecule has 94 valence electrons. The molecule has 0 rings (SSSR count). The molecule has 0 radical (unpaired) electrons. The van der Waals surface area contributed by atoms with Crippen molar-refractivity contribution in [1.82, 2.24) is 0 Å². The van der Waals surface area contributed by atoms with Gasteiger partial charge in [-0.25, -0.2) is 4.79 Å². The average molecular weight is 232 g/mol. The van der Waals surface area contributed by atoms with Gasteiger partial charge in [-0.3, -0.25) is 4.79 Å². The zero-order valence-electron chi connectivity index (χ0n) is 10.1. The van der Waals surface area contributed by atoms with Crippen LogP contribution in [0.5, 0.6) is 0 Å². The first kappa shape index (κ1) is 14.9. The van der Waals surface area contributed by atoms with Crippen LogP contribution < -0.4 is 0 Å². The van der Waals surface area contributed by atoms with Crippen LogP contribution in [0.25, 0.3) is 0 Å². The average Bonchev–Trinajstić information content (AvgIpc) is 2.14. The van der Waals surface area contributed by atoms with E-state index in [-0.39, 0.29) is 12.5 Å². The maximum atomic E-state index is 11.5. The highest BCUT2D eigenvalue weighted by molar-refractivity contribution is 5.75. The molecule has 0 spiro atoms. The summed E-state index contributed by atoms with van der Waals surface area (Å²) < 4.78 is 10.2. The van der Waals surface area contributed by atoms with Crippen LogP contribution >= 0.6 is 0 Å². The molecule has 0 aromatic heterocycles. The zero-order valence-corrected chi connectivity index (χ0v) is 10.1. The van der Waals surface area contributed by atoms with Crippen molar-refractivity contribution in [2.75, 3.05) is 6.61 Å². The lowest BCUT2D eigenvalue weighted by Gasteiger charge is -2.17.